The van der Waals surface area contributed by atoms with Gasteiger partial charge in [-0.15, -0.1) is 0 Å². The average Bonchev–Trinajstić information content (AvgIpc) is 2.44. The molecule has 110 valence electrons. The number of nitrogens with two attached hydrogens (primary N) is 2. The van der Waals surface area contributed by atoms with E-state index in [1.165, 1.54) is 12.8 Å². The summed E-state index contributed by atoms with van der Waals surface area (Å²) in [5.74, 6) is 0.837. The highest BCUT2D eigenvalue weighted by Gasteiger charge is 1.87. The molecule has 0 fully saturated rings. The van der Waals surface area contributed by atoms with E-state index in [0.717, 1.165) is 23.4 Å². The number of hydrogen-bond donors (Lipinski definition) is 2. The second-order valence-electron chi connectivity index (χ2n) is 4.44. The summed E-state index contributed by atoms with van der Waals surface area (Å²) in [5.41, 5.74) is 13.2. The number of ether oxygens (including phenoxy) is 1. The van der Waals surface area contributed by atoms with E-state index in [0.29, 0.717) is 5.70 Å². The van der Waals surface area contributed by atoms with Gasteiger partial charge in [-0.3, -0.25) is 0 Å². The van der Waals surface area contributed by atoms with E-state index >= 15 is 0 Å². The molecule has 0 aromatic heterocycles. The molecular weight excluding hydrogens is 248 g/mol. The van der Waals surface area contributed by atoms with Crippen LogP contribution in [0.4, 0.5) is 5.69 Å². The Kier molecular flexibility index (Phi) is 9.57. The van der Waals surface area contributed by atoms with Crippen LogP contribution in [0.25, 0.3) is 0 Å². The van der Waals surface area contributed by atoms with E-state index in [4.69, 9.17) is 16.2 Å². The quantitative estimate of drug-likeness (QED) is 0.608. The zero-order valence-corrected chi connectivity index (χ0v) is 12.6. The van der Waals surface area contributed by atoms with E-state index in [2.05, 4.69) is 20.1 Å². The molecule has 0 aliphatic heterocycles. The van der Waals surface area contributed by atoms with Crippen molar-refractivity contribution < 1.29 is 4.74 Å². The van der Waals surface area contributed by atoms with Gasteiger partial charge in [0.1, 0.15) is 5.75 Å². The Morgan fingerprint density at radius 3 is 2.25 bits per heavy atom. The fourth-order valence-corrected chi connectivity index (χ4v) is 1.32. The van der Waals surface area contributed by atoms with Crippen LogP contribution in [-0.2, 0) is 0 Å². The summed E-state index contributed by atoms with van der Waals surface area (Å²) in [6.45, 7) is 9.60. The van der Waals surface area contributed by atoms with Crippen LogP contribution in [0, 0.1) is 0 Å². The highest BCUT2D eigenvalue weighted by Crippen LogP contribution is 2.11. The lowest BCUT2D eigenvalue weighted by atomic mass is 10.1. The molecule has 0 bridgehead atoms. The number of methoxy groups -OCH3 is 1. The fourth-order valence-electron chi connectivity index (χ4n) is 1.32. The van der Waals surface area contributed by atoms with Gasteiger partial charge in [0, 0.05) is 11.4 Å². The van der Waals surface area contributed by atoms with Gasteiger partial charge in [-0.2, -0.15) is 0 Å². The van der Waals surface area contributed by atoms with Crippen LogP contribution >= 0.6 is 0 Å². The molecule has 20 heavy (non-hydrogen) atoms. The third-order valence-corrected chi connectivity index (χ3v) is 2.50. The lowest BCUT2D eigenvalue weighted by molar-refractivity contribution is 0.415. The van der Waals surface area contributed by atoms with E-state index in [9.17, 15) is 0 Å². The molecule has 0 aliphatic rings. The highest BCUT2D eigenvalue weighted by molar-refractivity contribution is 5.41. The smallest absolute Gasteiger partial charge is 0.119 e. The van der Waals surface area contributed by atoms with Crippen molar-refractivity contribution in [1.82, 2.24) is 0 Å². The highest BCUT2D eigenvalue weighted by atomic mass is 16.5. The Labute approximate surface area is 122 Å². The predicted molar refractivity (Wildman–Crippen MR) is 88.5 cm³/mol. The normalized spacial score (nSPS) is 9.70. The molecule has 3 heteroatoms. The molecule has 0 saturated heterocycles. The largest absolute Gasteiger partial charge is 0.497 e. The van der Waals surface area contributed by atoms with Crippen molar-refractivity contribution >= 4 is 5.69 Å². The van der Waals surface area contributed by atoms with Gasteiger partial charge in [0.2, 0.25) is 0 Å². The summed E-state index contributed by atoms with van der Waals surface area (Å²) in [6, 6.07) is 7.27. The number of nitrogen functional groups attached to an aromatic ring is 1. The molecule has 1 aromatic carbocycles. The number of benzene rings is 1. The summed E-state index contributed by atoms with van der Waals surface area (Å²) in [6.07, 6.45) is 7.17. The molecule has 0 unspecified atom stereocenters. The first-order valence-corrected chi connectivity index (χ1v) is 6.69. The molecule has 1 rings (SSSR count). The second-order valence-corrected chi connectivity index (χ2v) is 4.44. The molecule has 0 saturated carbocycles. The number of hydrogen-bond acceptors (Lipinski definition) is 3. The molecule has 0 radical (unpaired) electrons. The van der Waals surface area contributed by atoms with Gasteiger partial charge in [-0.05, 0) is 43.2 Å². The third kappa shape index (κ3) is 9.83. The minimum Gasteiger partial charge on any atom is -0.497 e. The average molecular weight is 274 g/mol. The van der Waals surface area contributed by atoms with Gasteiger partial charge in [-0.25, -0.2) is 0 Å². The Morgan fingerprint density at radius 2 is 1.80 bits per heavy atom. The van der Waals surface area contributed by atoms with Gasteiger partial charge in [0.05, 0.1) is 7.11 Å². The van der Waals surface area contributed by atoms with Crippen molar-refractivity contribution in [2.45, 2.75) is 26.2 Å². The summed E-state index contributed by atoms with van der Waals surface area (Å²) in [4.78, 5) is 0. The molecule has 0 atom stereocenters. The van der Waals surface area contributed by atoms with Gasteiger partial charge < -0.3 is 16.2 Å². The maximum atomic E-state index is 5.43. The topological polar surface area (TPSA) is 61.3 Å². The van der Waals surface area contributed by atoms with E-state index in [1.807, 2.05) is 18.2 Å². The lowest BCUT2D eigenvalue weighted by Crippen LogP contribution is -1.88. The molecule has 0 heterocycles. The minimum atomic E-state index is 0.586. The van der Waals surface area contributed by atoms with Crippen LogP contribution in [-0.4, -0.2) is 7.11 Å². The SMILES string of the molecule is C=C(N)/C=C\C(=C)CCCC.COc1ccc(N)cc1. The third-order valence-electron chi connectivity index (χ3n) is 2.50. The van der Waals surface area contributed by atoms with Crippen LogP contribution in [0.5, 0.6) is 5.75 Å². The molecule has 1 aromatic rings. The van der Waals surface area contributed by atoms with Crippen molar-refractivity contribution in [3.63, 3.8) is 0 Å². The van der Waals surface area contributed by atoms with E-state index in [1.54, 1.807) is 25.3 Å². The van der Waals surface area contributed by atoms with Gasteiger partial charge >= 0.3 is 0 Å². The Bertz CT molecular complexity index is 433. The number of allylic oxidation sites excluding steroid dienone is 3. The summed E-state index contributed by atoms with van der Waals surface area (Å²) in [7, 11) is 1.63. The molecule has 0 amide bonds. The van der Waals surface area contributed by atoms with Crippen molar-refractivity contribution in [3.05, 3.63) is 60.8 Å². The number of rotatable bonds is 6. The van der Waals surface area contributed by atoms with E-state index in [-0.39, 0.29) is 0 Å². The monoisotopic (exact) mass is 274 g/mol. The van der Waals surface area contributed by atoms with Gasteiger partial charge in [0.15, 0.2) is 0 Å². The molecule has 0 aliphatic carbocycles. The van der Waals surface area contributed by atoms with Crippen LogP contribution < -0.4 is 16.2 Å². The predicted octanol–water partition coefficient (Wildman–Crippen LogP) is 4.04. The van der Waals surface area contributed by atoms with Gasteiger partial charge in [0.25, 0.3) is 0 Å². The van der Waals surface area contributed by atoms with Crippen molar-refractivity contribution in [2.75, 3.05) is 12.8 Å². The zero-order chi connectivity index (χ0) is 15.4. The standard InChI is InChI=1S/C10H17N.C7H9NO/c1-4-5-6-9(2)7-8-10(3)11;1-9-7-4-2-6(8)3-5-7/h7-8H,2-6,11H2,1H3;2-5H,8H2,1H3/b8-7-;. The number of anilines is 1. The molecule has 0 spiro atoms. The van der Waals surface area contributed by atoms with Crippen LogP contribution in [0.1, 0.15) is 26.2 Å². The maximum Gasteiger partial charge on any atom is 0.119 e. The fraction of sp³-hybridized carbons (Fsp3) is 0.294. The second kappa shape index (κ2) is 10.7. The first-order valence-electron chi connectivity index (χ1n) is 6.69. The van der Waals surface area contributed by atoms with Crippen LogP contribution in [0.3, 0.4) is 0 Å². The zero-order valence-electron chi connectivity index (χ0n) is 12.6. The summed E-state index contributed by atoms with van der Waals surface area (Å²) in [5, 5.41) is 0. The first-order chi connectivity index (χ1) is 9.49. The van der Waals surface area contributed by atoms with Crippen LogP contribution in [0.2, 0.25) is 0 Å². The van der Waals surface area contributed by atoms with E-state index < -0.39 is 0 Å². The summed E-state index contributed by atoms with van der Waals surface area (Å²) >= 11 is 0. The number of unbranched alkanes of at least 4 members (excludes halogenated alkanes) is 1. The minimum absolute atomic E-state index is 0.586. The van der Waals surface area contributed by atoms with Gasteiger partial charge in [-0.1, -0.05) is 38.2 Å². The summed E-state index contributed by atoms with van der Waals surface area (Å²) < 4.78 is 4.91. The Hall–Kier alpha value is -2.16. The lowest BCUT2D eigenvalue weighted by Gasteiger charge is -1.97. The molecule has 4 N–H and O–H groups in total. The van der Waals surface area contributed by atoms with Crippen molar-refractivity contribution in [1.29, 1.82) is 0 Å². The van der Waals surface area contributed by atoms with Crippen molar-refractivity contribution in [2.24, 2.45) is 5.73 Å². The Morgan fingerprint density at radius 1 is 1.20 bits per heavy atom. The van der Waals surface area contributed by atoms with Crippen molar-refractivity contribution in [3.8, 4) is 5.75 Å². The molecule has 3 nitrogen and oxygen atoms in total. The Balaban J connectivity index is 0.000000367. The molecular formula is C17H26N2O. The van der Waals surface area contributed by atoms with Crippen LogP contribution in [0.15, 0.2) is 60.8 Å². The first kappa shape index (κ1) is 17.8. The maximum absolute atomic E-state index is 5.43.